The van der Waals surface area contributed by atoms with Gasteiger partial charge in [0, 0.05) is 34.9 Å². The summed E-state index contributed by atoms with van der Waals surface area (Å²) in [6, 6.07) is 21.1. The second-order valence-electron chi connectivity index (χ2n) is 7.22. The second kappa shape index (κ2) is 7.50. The molecular formula is C25H20O6. The molecule has 0 atom stereocenters. The molecule has 0 heterocycles. The van der Waals surface area contributed by atoms with Gasteiger partial charge in [0.2, 0.25) is 0 Å². The van der Waals surface area contributed by atoms with Gasteiger partial charge in [-0.2, -0.15) is 0 Å². The van der Waals surface area contributed by atoms with Crippen LogP contribution in [0.1, 0.15) is 22.3 Å². The van der Waals surface area contributed by atoms with E-state index in [-0.39, 0.29) is 51.2 Å². The van der Waals surface area contributed by atoms with Crippen LogP contribution >= 0.6 is 0 Å². The van der Waals surface area contributed by atoms with Gasteiger partial charge in [0.05, 0.1) is 5.41 Å². The Balaban J connectivity index is 2.24. The third-order valence-electron chi connectivity index (χ3n) is 5.36. The summed E-state index contributed by atoms with van der Waals surface area (Å²) in [6.45, 7) is 0. The largest absolute Gasteiger partial charge is 0.508 e. The van der Waals surface area contributed by atoms with Crippen LogP contribution in [0.2, 0.25) is 0 Å². The van der Waals surface area contributed by atoms with E-state index in [0.29, 0.717) is 5.56 Å². The normalized spacial score (nSPS) is 11.4. The van der Waals surface area contributed by atoms with Gasteiger partial charge in [-0.05, 0) is 23.8 Å². The van der Waals surface area contributed by atoms with E-state index in [1.54, 1.807) is 30.3 Å². The predicted molar refractivity (Wildman–Crippen MR) is 115 cm³/mol. The lowest BCUT2D eigenvalue weighted by atomic mass is 9.64. The lowest BCUT2D eigenvalue weighted by Crippen LogP contribution is -2.31. The summed E-state index contributed by atoms with van der Waals surface area (Å²) < 4.78 is 0. The van der Waals surface area contributed by atoms with Gasteiger partial charge in [-0.1, -0.05) is 48.5 Å². The quantitative estimate of drug-likeness (QED) is 0.276. The van der Waals surface area contributed by atoms with Crippen molar-refractivity contribution in [1.29, 1.82) is 0 Å². The van der Waals surface area contributed by atoms with Crippen LogP contribution in [-0.2, 0) is 5.41 Å². The molecule has 0 amide bonds. The smallest absolute Gasteiger partial charge is 0.124 e. The summed E-state index contributed by atoms with van der Waals surface area (Å²) in [5.41, 5.74) is -0.0948. The molecule has 4 aromatic rings. The van der Waals surface area contributed by atoms with Gasteiger partial charge in [-0.3, -0.25) is 0 Å². The van der Waals surface area contributed by atoms with Gasteiger partial charge in [0.25, 0.3) is 0 Å². The molecule has 6 nitrogen and oxygen atoms in total. The van der Waals surface area contributed by atoms with Gasteiger partial charge in [0.15, 0.2) is 0 Å². The number of phenolic OH excluding ortho intramolecular Hbond substituents is 6. The Bertz CT molecular complexity index is 1130. The lowest BCUT2D eigenvalue weighted by Gasteiger charge is -2.37. The summed E-state index contributed by atoms with van der Waals surface area (Å²) in [7, 11) is 0. The number of phenols is 6. The van der Waals surface area contributed by atoms with Crippen molar-refractivity contribution in [3.05, 3.63) is 107 Å². The molecule has 0 unspecified atom stereocenters. The highest BCUT2D eigenvalue weighted by Crippen LogP contribution is 2.53. The highest BCUT2D eigenvalue weighted by atomic mass is 16.3. The average Bonchev–Trinajstić information content (AvgIpc) is 2.72. The van der Waals surface area contributed by atoms with E-state index in [1.165, 1.54) is 54.6 Å². The van der Waals surface area contributed by atoms with E-state index in [1.807, 2.05) is 0 Å². The van der Waals surface area contributed by atoms with E-state index < -0.39 is 5.41 Å². The zero-order valence-electron chi connectivity index (χ0n) is 16.3. The maximum atomic E-state index is 10.9. The van der Waals surface area contributed by atoms with Crippen LogP contribution < -0.4 is 0 Å². The molecule has 0 aliphatic heterocycles. The topological polar surface area (TPSA) is 121 Å². The lowest BCUT2D eigenvalue weighted by molar-refractivity contribution is 0.422. The highest BCUT2D eigenvalue weighted by Gasteiger charge is 2.44. The molecule has 0 aliphatic rings. The number of hydrogen-bond acceptors (Lipinski definition) is 6. The van der Waals surface area contributed by atoms with Gasteiger partial charge >= 0.3 is 0 Å². The van der Waals surface area contributed by atoms with Crippen molar-refractivity contribution < 1.29 is 30.6 Å². The fraction of sp³-hybridized carbons (Fsp3) is 0.0400. The van der Waals surface area contributed by atoms with Crippen LogP contribution in [0.3, 0.4) is 0 Å². The molecule has 156 valence electrons. The predicted octanol–water partition coefficient (Wildman–Crippen LogP) is 4.30. The van der Waals surface area contributed by atoms with Crippen molar-refractivity contribution in [3.8, 4) is 34.5 Å². The van der Waals surface area contributed by atoms with E-state index >= 15 is 0 Å². The van der Waals surface area contributed by atoms with Crippen molar-refractivity contribution in [2.45, 2.75) is 5.41 Å². The van der Waals surface area contributed by atoms with Crippen LogP contribution in [0.25, 0.3) is 0 Å². The molecule has 0 saturated heterocycles. The standard InChI is InChI=1S/C25H20O6/c26-16-6-9-19(22(29)12-16)25(15-4-2-1-3-5-15,20-10-7-17(27)13-23(20)30)21-11-8-18(28)14-24(21)31/h1-14,26-31H. The summed E-state index contributed by atoms with van der Waals surface area (Å²) >= 11 is 0. The van der Waals surface area contributed by atoms with Crippen LogP contribution in [0.4, 0.5) is 0 Å². The molecule has 0 bridgehead atoms. The van der Waals surface area contributed by atoms with Gasteiger partial charge in [-0.15, -0.1) is 0 Å². The molecule has 4 rings (SSSR count). The molecule has 6 heteroatoms. The first-order valence-corrected chi connectivity index (χ1v) is 9.47. The van der Waals surface area contributed by atoms with Crippen molar-refractivity contribution in [3.63, 3.8) is 0 Å². The first-order chi connectivity index (χ1) is 14.8. The third kappa shape index (κ3) is 3.24. The van der Waals surface area contributed by atoms with Gasteiger partial charge in [0.1, 0.15) is 34.5 Å². The maximum absolute atomic E-state index is 10.9. The first kappa shape index (κ1) is 20.0. The molecule has 0 saturated carbocycles. The number of aromatic hydroxyl groups is 6. The van der Waals surface area contributed by atoms with Crippen molar-refractivity contribution in [2.24, 2.45) is 0 Å². The zero-order chi connectivity index (χ0) is 22.2. The van der Waals surface area contributed by atoms with Crippen LogP contribution in [0, 0.1) is 0 Å². The molecule has 0 radical (unpaired) electrons. The average molecular weight is 416 g/mol. The third-order valence-corrected chi connectivity index (χ3v) is 5.36. The fourth-order valence-corrected chi connectivity index (χ4v) is 4.10. The summed E-state index contributed by atoms with van der Waals surface area (Å²) in [5.74, 6) is -1.30. The summed E-state index contributed by atoms with van der Waals surface area (Å²) in [4.78, 5) is 0. The Morgan fingerprint density at radius 1 is 0.419 bits per heavy atom. The summed E-state index contributed by atoms with van der Waals surface area (Å²) in [6.07, 6.45) is 0. The highest BCUT2D eigenvalue weighted by molar-refractivity contribution is 5.69. The molecule has 0 spiro atoms. The monoisotopic (exact) mass is 416 g/mol. The van der Waals surface area contributed by atoms with Crippen LogP contribution in [-0.4, -0.2) is 30.6 Å². The minimum Gasteiger partial charge on any atom is -0.508 e. The number of rotatable bonds is 4. The molecule has 4 aromatic carbocycles. The van der Waals surface area contributed by atoms with Gasteiger partial charge < -0.3 is 30.6 Å². The van der Waals surface area contributed by atoms with Gasteiger partial charge in [-0.25, -0.2) is 0 Å². The van der Waals surface area contributed by atoms with E-state index in [9.17, 15) is 30.6 Å². The second-order valence-corrected chi connectivity index (χ2v) is 7.22. The Morgan fingerprint density at radius 3 is 1.10 bits per heavy atom. The molecule has 0 aliphatic carbocycles. The zero-order valence-corrected chi connectivity index (χ0v) is 16.3. The van der Waals surface area contributed by atoms with Crippen molar-refractivity contribution in [2.75, 3.05) is 0 Å². The SMILES string of the molecule is Oc1ccc(C(c2ccccc2)(c2ccc(O)cc2O)c2ccc(O)cc2O)c(O)c1. The first-order valence-electron chi connectivity index (χ1n) is 9.47. The van der Waals surface area contributed by atoms with Crippen molar-refractivity contribution >= 4 is 0 Å². The Hall–Kier alpha value is -4.32. The van der Waals surface area contributed by atoms with E-state index in [4.69, 9.17) is 0 Å². The maximum Gasteiger partial charge on any atom is 0.124 e. The minimum atomic E-state index is -1.46. The van der Waals surface area contributed by atoms with E-state index in [0.717, 1.165) is 0 Å². The minimum absolute atomic E-state index is 0.159. The molecule has 0 aromatic heterocycles. The molecule has 6 N–H and O–H groups in total. The molecular weight excluding hydrogens is 396 g/mol. The van der Waals surface area contributed by atoms with Crippen molar-refractivity contribution in [1.82, 2.24) is 0 Å². The van der Waals surface area contributed by atoms with Crippen LogP contribution in [0.5, 0.6) is 34.5 Å². The van der Waals surface area contributed by atoms with E-state index in [2.05, 4.69) is 0 Å². The molecule has 31 heavy (non-hydrogen) atoms. The Kier molecular flexibility index (Phi) is 4.83. The Labute approximate surface area is 178 Å². The summed E-state index contributed by atoms with van der Waals surface area (Å²) in [5, 5.41) is 62.3. The van der Waals surface area contributed by atoms with Crippen LogP contribution in [0.15, 0.2) is 84.9 Å². The molecule has 0 fully saturated rings. The Morgan fingerprint density at radius 2 is 0.774 bits per heavy atom. The number of benzene rings is 4. The number of hydrogen-bond donors (Lipinski definition) is 6. The fourth-order valence-electron chi connectivity index (χ4n) is 4.10.